The molecule has 12 heavy (non-hydrogen) atoms. The largest absolute Gasteiger partial charge is 0.467 e. The Balaban J connectivity index is 2.04. The van der Waals surface area contributed by atoms with Crippen molar-refractivity contribution in [3.05, 3.63) is 24.2 Å². The summed E-state index contributed by atoms with van der Waals surface area (Å²) in [6.07, 6.45) is 3.28. The van der Waals surface area contributed by atoms with Crippen molar-refractivity contribution in [1.82, 2.24) is 5.32 Å². The Morgan fingerprint density at radius 1 is 1.67 bits per heavy atom. The zero-order valence-corrected chi connectivity index (χ0v) is 6.86. The SMILES string of the molecule is OC(c1ccco1)C1CCCN1. The summed E-state index contributed by atoms with van der Waals surface area (Å²) in [6, 6.07) is 3.79. The molecule has 0 amide bonds. The Morgan fingerprint density at radius 3 is 3.17 bits per heavy atom. The van der Waals surface area contributed by atoms with Gasteiger partial charge in [0.2, 0.25) is 0 Å². The van der Waals surface area contributed by atoms with Crippen molar-refractivity contribution >= 4 is 0 Å². The maximum Gasteiger partial charge on any atom is 0.133 e. The molecule has 1 aliphatic heterocycles. The van der Waals surface area contributed by atoms with Gasteiger partial charge in [-0.2, -0.15) is 0 Å². The van der Waals surface area contributed by atoms with Crippen molar-refractivity contribution in [1.29, 1.82) is 0 Å². The lowest BCUT2D eigenvalue weighted by Crippen LogP contribution is -2.28. The Kier molecular flexibility index (Phi) is 2.15. The molecule has 0 aromatic carbocycles. The monoisotopic (exact) mass is 167 g/mol. The zero-order valence-electron chi connectivity index (χ0n) is 6.86. The quantitative estimate of drug-likeness (QED) is 0.692. The highest BCUT2D eigenvalue weighted by Gasteiger charge is 2.25. The minimum Gasteiger partial charge on any atom is -0.467 e. The molecule has 1 fully saturated rings. The summed E-state index contributed by atoms with van der Waals surface area (Å²) in [4.78, 5) is 0. The van der Waals surface area contributed by atoms with Crippen molar-refractivity contribution in [2.24, 2.45) is 0 Å². The molecule has 2 N–H and O–H groups in total. The number of furan rings is 1. The minimum atomic E-state index is -0.484. The summed E-state index contributed by atoms with van der Waals surface area (Å²) in [6.45, 7) is 1.00. The fraction of sp³-hybridized carbons (Fsp3) is 0.556. The maximum absolute atomic E-state index is 9.75. The fourth-order valence-electron chi connectivity index (χ4n) is 1.64. The standard InChI is InChI=1S/C9H13NO2/c11-9(7-3-1-5-10-7)8-4-2-6-12-8/h2,4,6-7,9-11H,1,3,5H2. The molecular formula is C9H13NO2. The first-order valence-electron chi connectivity index (χ1n) is 4.33. The van der Waals surface area contributed by atoms with Gasteiger partial charge in [0.05, 0.1) is 6.26 Å². The van der Waals surface area contributed by atoms with Crippen LogP contribution in [0.1, 0.15) is 24.7 Å². The molecule has 2 rings (SSSR count). The van der Waals surface area contributed by atoms with Gasteiger partial charge in [0.1, 0.15) is 11.9 Å². The Hall–Kier alpha value is -0.800. The molecule has 1 aliphatic rings. The average molecular weight is 167 g/mol. The van der Waals surface area contributed by atoms with Gasteiger partial charge in [0.15, 0.2) is 0 Å². The van der Waals surface area contributed by atoms with Gasteiger partial charge >= 0.3 is 0 Å². The van der Waals surface area contributed by atoms with Crippen LogP contribution in [0.25, 0.3) is 0 Å². The van der Waals surface area contributed by atoms with E-state index in [0.29, 0.717) is 5.76 Å². The Bertz CT molecular complexity index is 227. The van der Waals surface area contributed by atoms with E-state index in [1.807, 2.05) is 6.07 Å². The highest BCUT2D eigenvalue weighted by atomic mass is 16.4. The third kappa shape index (κ3) is 1.38. The third-order valence-electron chi connectivity index (χ3n) is 2.31. The van der Waals surface area contributed by atoms with E-state index in [1.54, 1.807) is 12.3 Å². The van der Waals surface area contributed by atoms with Crippen molar-refractivity contribution in [2.75, 3.05) is 6.54 Å². The lowest BCUT2D eigenvalue weighted by molar-refractivity contribution is 0.113. The van der Waals surface area contributed by atoms with Gasteiger partial charge in [-0.25, -0.2) is 0 Å². The van der Waals surface area contributed by atoms with Gasteiger partial charge in [-0.15, -0.1) is 0 Å². The number of nitrogens with one attached hydrogen (secondary N) is 1. The fourth-order valence-corrected chi connectivity index (χ4v) is 1.64. The topological polar surface area (TPSA) is 45.4 Å². The number of aliphatic hydroxyl groups excluding tert-OH is 1. The molecule has 0 radical (unpaired) electrons. The van der Waals surface area contributed by atoms with Crippen LogP contribution in [0.15, 0.2) is 22.8 Å². The van der Waals surface area contributed by atoms with Crippen LogP contribution in [0.4, 0.5) is 0 Å². The van der Waals surface area contributed by atoms with E-state index in [9.17, 15) is 5.11 Å². The molecular weight excluding hydrogens is 154 g/mol. The summed E-state index contributed by atoms with van der Waals surface area (Å²) in [5, 5.41) is 13.0. The number of hydrogen-bond acceptors (Lipinski definition) is 3. The van der Waals surface area contributed by atoms with E-state index in [4.69, 9.17) is 4.42 Å². The van der Waals surface area contributed by atoms with Crippen molar-refractivity contribution in [2.45, 2.75) is 25.0 Å². The van der Waals surface area contributed by atoms with Gasteiger partial charge in [0.25, 0.3) is 0 Å². The second-order valence-corrected chi connectivity index (χ2v) is 3.16. The second-order valence-electron chi connectivity index (χ2n) is 3.16. The molecule has 2 atom stereocenters. The number of aliphatic hydroxyl groups is 1. The molecule has 3 heteroatoms. The van der Waals surface area contributed by atoms with Crippen LogP contribution in [0.2, 0.25) is 0 Å². The van der Waals surface area contributed by atoms with Gasteiger partial charge in [0, 0.05) is 6.04 Å². The molecule has 2 unspecified atom stereocenters. The van der Waals surface area contributed by atoms with E-state index in [-0.39, 0.29) is 6.04 Å². The summed E-state index contributed by atoms with van der Waals surface area (Å²) in [7, 11) is 0. The average Bonchev–Trinajstić information content (AvgIpc) is 2.77. The molecule has 3 nitrogen and oxygen atoms in total. The van der Waals surface area contributed by atoms with Crippen LogP contribution < -0.4 is 5.32 Å². The highest BCUT2D eigenvalue weighted by molar-refractivity contribution is 5.05. The molecule has 66 valence electrons. The molecule has 1 aromatic heterocycles. The van der Waals surface area contributed by atoms with Crippen LogP contribution in [-0.4, -0.2) is 17.7 Å². The van der Waals surface area contributed by atoms with Gasteiger partial charge in [-0.1, -0.05) is 0 Å². The summed E-state index contributed by atoms with van der Waals surface area (Å²) in [5.41, 5.74) is 0. The molecule has 0 aliphatic carbocycles. The Labute approximate surface area is 71.4 Å². The van der Waals surface area contributed by atoms with Crippen molar-refractivity contribution in [3.8, 4) is 0 Å². The minimum absolute atomic E-state index is 0.177. The predicted molar refractivity (Wildman–Crippen MR) is 44.7 cm³/mol. The van der Waals surface area contributed by atoms with Crippen LogP contribution in [0.3, 0.4) is 0 Å². The lowest BCUT2D eigenvalue weighted by atomic mass is 10.1. The van der Waals surface area contributed by atoms with Crippen LogP contribution in [-0.2, 0) is 0 Å². The van der Waals surface area contributed by atoms with Crippen molar-refractivity contribution in [3.63, 3.8) is 0 Å². The summed E-state index contributed by atoms with van der Waals surface area (Å²) in [5.74, 6) is 0.661. The molecule has 1 saturated heterocycles. The Morgan fingerprint density at radius 2 is 2.58 bits per heavy atom. The van der Waals surface area contributed by atoms with Gasteiger partial charge in [-0.3, -0.25) is 0 Å². The first kappa shape index (κ1) is 7.83. The smallest absolute Gasteiger partial charge is 0.133 e. The maximum atomic E-state index is 9.75. The summed E-state index contributed by atoms with van der Waals surface area (Å²) >= 11 is 0. The van der Waals surface area contributed by atoms with Crippen LogP contribution in [0, 0.1) is 0 Å². The second kappa shape index (κ2) is 3.29. The zero-order chi connectivity index (χ0) is 8.39. The van der Waals surface area contributed by atoms with Crippen LogP contribution >= 0.6 is 0 Å². The van der Waals surface area contributed by atoms with Crippen molar-refractivity contribution < 1.29 is 9.52 Å². The molecule has 0 bridgehead atoms. The van der Waals surface area contributed by atoms with E-state index in [2.05, 4.69) is 5.32 Å². The number of hydrogen-bond donors (Lipinski definition) is 2. The van der Waals surface area contributed by atoms with Gasteiger partial charge < -0.3 is 14.8 Å². The molecule has 0 spiro atoms. The first-order chi connectivity index (χ1) is 5.88. The predicted octanol–water partition coefficient (Wildman–Crippen LogP) is 1.06. The molecule has 1 aromatic rings. The third-order valence-corrected chi connectivity index (χ3v) is 2.31. The molecule has 0 saturated carbocycles. The molecule has 2 heterocycles. The lowest BCUT2D eigenvalue weighted by Gasteiger charge is -2.15. The normalized spacial score (nSPS) is 25.9. The summed E-state index contributed by atoms with van der Waals surface area (Å²) < 4.78 is 5.12. The van der Waals surface area contributed by atoms with E-state index in [0.717, 1.165) is 19.4 Å². The van der Waals surface area contributed by atoms with E-state index in [1.165, 1.54) is 0 Å². The van der Waals surface area contributed by atoms with Gasteiger partial charge in [-0.05, 0) is 31.5 Å². The number of rotatable bonds is 2. The van der Waals surface area contributed by atoms with E-state index < -0.39 is 6.10 Å². The first-order valence-corrected chi connectivity index (χ1v) is 4.33. The van der Waals surface area contributed by atoms with Crippen LogP contribution in [0.5, 0.6) is 0 Å². The highest BCUT2D eigenvalue weighted by Crippen LogP contribution is 2.22. The van der Waals surface area contributed by atoms with E-state index >= 15 is 0 Å².